The number of nitrogens with one attached hydrogen (secondary N) is 1. The topological polar surface area (TPSA) is 41.3 Å². The van der Waals surface area contributed by atoms with Crippen molar-refractivity contribution >= 4 is 22.9 Å². The number of thiocarbonyl (C=S) groups is 1. The van der Waals surface area contributed by atoms with E-state index in [4.69, 9.17) is 18.0 Å². The third kappa shape index (κ3) is 3.45. The monoisotopic (exact) mass is 277 g/mol. The van der Waals surface area contributed by atoms with Gasteiger partial charge in [0.2, 0.25) is 0 Å². The van der Waals surface area contributed by atoms with Crippen LogP contribution in [0.25, 0.3) is 0 Å². The van der Waals surface area contributed by atoms with E-state index in [9.17, 15) is 0 Å². The Morgan fingerprint density at radius 1 is 1.47 bits per heavy atom. The van der Waals surface area contributed by atoms with Crippen LogP contribution >= 0.6 is 12.2 Å². The van der Waals surface area contributed by atoms with Gasteiger partial charge in [-0.1, -0.05) is 19.1 Å². The van der Waals surface area contributed by atoms with Crippen molar-refractivity contribution in [2.75, 3.05) is 25.5 Å². The molecule has 0 spiro atoms. The van der Waals surface area contributed by atoms with E-state index in [0.29, 0.717) is 16.9 Å². The molecule has 1 aliphatic rings. The van der Waals surface area contributed by atoms with Crippen LogP contribution in [0.5, 0.6) is 0 Å². The van der Waals surface area contributed by atoms with Crippen LogP contribution in [0, 0.1) is 12.8 Å². The van der Waals surface area contributed by atoms with E-state index < -0.39 is 0 Å². The maximum absolute atomic E-state index is 5.69. The molecule has 0 bridgehead atoms. The zero-order valence-corrected chi connectivity index (χ0v) is 12.8. The summed E-state index contributed by atoms with van der Waals surface area (Å²) in [5, 5.41) is 3.65. The summed E-state index contributed by atoms with van der Waals surface area (Å²) < 4.78 is 0. The summed E-state index contributed by atoms with van der Waals surface area (Å²) in [4.78, 5) is 2.86. The predicted octanol–water partition coefficient (Wildman–Crippen LogP) is 2.38. The van der Waals surface area contributed by atoms with Crippen LogP contribution < -0.4 is 11.1 Å². The largest absolute Gasteiger partial charge is 0.389 e. The molecule has 0 aliphatic carbocycles. The number of hydrogen-bond acceptors (Lipinski definition) is 3. The summed E-state index contributed by atoms with van der Waals surface area (Å²) >= 11 is 5.04. The highest BCUT2D eigenvalue weighted by Crippen LogP contribution is 2.22. The Morgan fingerprint density at radius 3 is 2.79 bits per heavy atom. The Bertz CT molecular complexity index is 472. The van der Waals surface area contributed by atoms with Gasteiger partial charge in [-0.15, -0.1) is 0 Å². The summed E-state index contributed by atoms with van der Waals surface area (Å²) in [6, 6.07) is 6.78. The van der Waals surface area contributed by atoms with Crippen LogP contribution in [0.15, 0.2) is 18.2 Å². The molecule has 1 aromatic rings. The molecule has 1 aromatic carbocycles. The van der Waals surface area contributed by atoms with Gasteiger partial charge in [-0.25, -0.2) is 0 Å². The van der Waals surface area contributed by atoms with E-state index in [-0.39, 0.29) is 0 Å². The molecular formula is C15H23N3S. The van der Waals surface area contributed by atoms with Gasteiger partial charge in [-0.3, -0.25) is 0 Å². The number of aryl methyl sites for hydroxylation is 1. The minimum Gasteiger partial charge on any atom is -0.389 e. The zero-order chi connectivity index (χ0) is 14.0. The van der Waals surface area contributed by atoms with Gasteiger partial charge in [0.25, 0.3) is 0 Å². The van der Waals surface area contributed by atoms with Crippen molar-refractivity contribution in [2.45, 2.75) is 26.3 Å². The molecule has 3 N–H and O–H groups in total. The van der Waals surface area contributed by atoms with Crippen LogP contribution in [-0.2, 0) is 0 Å². The number of nitrogens with two attached hydrogens (primary N) is 1. The lowest BCUT2D eigenvalue weighted by atomic mass is 9.94. The summed E-state index contributed by atoms with van der Waals surface area (Å²) in [5.74, 6) is 0.661. The van der Waals surface area contributed by atoms with Crippen LogP contribution in [0.2, 0.25) is 0 Å². The number of rotatable bonds is 3. The number of anilines is 1. The molecule has 1 heterocycles. The van der Waals surface area contributed by atoms with Gasteiger partial charge in [-0.05, 0) is 56.6 Å². The quantitative estimate of drug-likeness (QED) is 0.832. The molecule has 19 heavy (non-hydrogen) atoms. The Hall–Kier alpha value is -1.13. The van der Waals surface area contributed by atoms with Gasteiger partial charge in [0.1, 0.15) is 4.99 Å². The molecule has 0 amide bonds. The maximum atomic E-state index is 5.69. The molecule has 1 saturated heterocycles. The number of nitrogens with zero attached hydrogens (tertiary/aromatic N) is 1. The van der Waals surface area contributed by atoms with Crippen LogP contribution in [0.1, 0.15) is 24.5 Å². The average Bonchev–Trinajstić information content (AvgIpc) is 2.32. The Labute approximate surface area is 121 Å². The second-order valence-corrected chi connectivity index (χ2v) is 6.11. The van der Waals surface area contributed by atoms with Crippen molar-refractivity contribution in [3.63, 3.8) is 0 Å². The average molecular weight is 277 g/mol. The molecule has 2 unspecified atom stereocenters. The van der Waals surface area contributed by atoms with Crippen molar-refractivity contribution in [3.8, 4) is 0 Å². The Kier molecular flexibility index (Phi) is 4.42. The van der Waals surface area contributed by atoms with Crippen molar-refractivity contribution in [1.29, 1.82) is 0 Å². The molecule has 2 rings (SSSR count). The van der Waals surface area contributed by atoms with E-state index >= 15 is 0 Å². The first-order valence-electron chi connectivity index (χ1n) is 6.83. The van der Waals surface area contributed by atoms with Crippen molar-refractivity contribution < 1.29 is 0 Å². The smallest absolute Gasteiger partial charge is 0.104 e. The molecule has 0 aromatic heterocycles. The number of likely N-dealkylation sites (tertiary alicyclic amines) is 1. The summed E-state index contributed by atoms with van der Waals surface area (Å²) in [6.45, 7) is 6.68. The van der Waals surface area contributed by atoms with Crippen molar-refractivity contribution in [1.82, 2.24) is 4.90 Å². The van der Waals surface area contributed by atoms with Crippen LogP contribution in [0.3, 0.4) is 0 Å². The normalized spacial score (nSPS) is 24.2. The maximum Gasteiger partial charge on any atom is 0.104 e. The van der Waals surface area contributed by atoms with E-state index in [0.717, 1.165) is 24.2 Å². The predicted molar refractivity (Wildman–Crippen MR) is 85.8 cm³/mol. The second-order valence-electron chi connectivity index (χ2n) is 5.67. The molecule has 0 saturated carbocycles. The molecule has 2 atom stereocenters. The molecule has 1 aliphatic heterocycles. The summed E-state index contributed by atoms with van der Waals surface area (Å²) in [7, 11) is 2.19. The fourth-order valence-electron chi connectivity index (χ4n) is 2.81. The first kappa shape index (κ1) is 14.3. The van der Waals surface area contributed by atoms with Gasteiger partial charge in [-0.2, -0.15) is 0 Å². The molecule has 104 valence electrons. The van der Waals surface area contributed by atoms with Gasteiger partial charge in [0.15, 0.2) is 0 Å². The molecule has 0 radical (unpaired) electrons. The molecular weight excluding hydrogens is 254 g/mol. The van der Waals surface area contributed by atoms with Gasteiger partial charge >= 0.3 is 0 Å². The van der Waals surface area contributed by atoms with Crippen molar-refractivity contribution in [3.05, 3.63) is 29.3 Å². The standard InChI is InChI=1S/C15H23N3S/c1-10-8-12(4-5-13(10)15(16)19)17-14-6-7-18(3)9-11(14)2/h4-5,8,11,14,17H,6-7,9H2,1-3H3,(H2,16,19). The lowest BCUT2D eigenvalue weighted by Crippen LogP contribution is -2.43. The number of hydrogen-bond donors (Lipinski definition) is 2. The van der Waals surface area contributed by atoms with Crippen LogP contribution in [-0.4, -0.2) is 36.1 Å². The minimum absolute atomic E-state index is 0.469. The summed E-state index contributed by atoms with van der Waals surface area (Å²) in [6.07, 6.45) is 1.19. The van der Waals surface area contributed by atoms with Gasteiger partial charge in [0.05, 0.1) is 0 Å². The molecule has 4 heteroatoms. The Balaban J connectivity index is 2.07. The lowest BCUT2D eigenvalue weighted by Gasteiger charge is -2.35. The van der Waals surface area contributed by atoms with Crippen LogP contribution in [0.4, 0.5) is 5.69 Å². The second kappa shape index (κ2) is 5.88. The van der Waals surface area contributed by atoms with Gasteiger partial charge < -0.3 is 16.0 Å². The lowest BCUT2D eigenvalue weighted by molar-refractivity contribution is 0.206. The van der Waals surface area contributed by atoms with Crippen molar-refractivity contribution in [2.24, 2.45) is 11.7 Å². The van der Waals surface area contributed by atoms with Gasteiger partial charge in [0, 0.05) is 23.8 Å². The molecule has 1 fully saturated rings. The number of benzene rings is 1. The van der Waals surface area contributed by atoms with E-state index in [1.165, 1.54) is 12.1 Å². The zero-order valence-electron chi connectivity index (χ0n) is 11.9. The first-order chi connectivity index (χ1) is 8.97. The first-order valence-corrected chi connectivity index (χ1v) is 7.23. The third-order valence-corrected chi connectivity index (χ3v) is 4.17. The summed E-state index contributed by atoms with van der Waals surface area (Å²) in [5.41, 5.74) is 8.96. The fourth-order valence-corrected chi connectivity index (χ4v) is 3.04. The Morgan fingerprint density at radius 2 is 2.21 bits per heavy atom. The van der Waals surface area contributed by atoms with E-state index in [1.54, 1.807) is 0 Å². The molecule has 3 nitrogen and oxygen atoms in total. The highest BCUT2D eigenvalue weighted by molar-refractivity contribution is 7.80. The highest BCUT2D eigenvalue weighted by atomic mass is 32.1. The number of piperidine rings is 1. The van der Waals surface area contributed by atoms with E-state index in [1.807, 2.05) is 6.07 Å². The minimum atomic E-state index is 0.469. The fraction of sp³-hybridized carbons (Fsp3) is 0.533. The SMILES string of the molecule is Cc1cc(NC2CCN(C)CC2C)ccc1C(N)=S. The third-order valence-electron chi connectivity index (χ3n) is 3.95. The highest BCUT2D eigenvalue weighted by Gasteiger charge is 2.23. The van der Waals surface area contributed by atoms with E-state index in [2.05, 4.69) is 43.2 Å².